The molecule has 0 amide bonds. The standard InChI is InChI=1S/C13H15N3O2S/c1-2-9(1)16-12(3-5-14-16)11-8-19-13(15-11)18-10-4-6-17-7-10/h3,5,8-10H,1-2,4,6-7H2. The maximum Gasteiger partial charge on any atom is 0.274 e. The van der Waals surface area contributed by atoms with Crippen molar-refractivity contribution < 1.29 is 9.47 Å². The van der Waals surface area contributed by atoms with E-state index in [-0.39, 0.29) is 6.10 Å². The first-order chi connectivity index (χ1) is 9.40. The molecule has 19 heavy (non-hydrogen) atoms. The maximum atomic E-state index is 5.82. The summed E-state index contributed by atoms with van der Waals surface area (Å²) in [7, 11) is 0. The number of hydrogen-bond acceptors (Lipinski definition) is 5. The molecule has 2 aromatic heterocycles. The molecule has 1 aliphatic carbocycles. The molecule has 1 saturated heterocycles. The lowest BCUT2D eigenvalue weighted by molar-refractivity contribution is 0.141. The summed E-state index contributed by atoms with van der Waals surface area (Å²) in [5.41, 5.74) is 2.06. The second-order valence-electron chi connectivity index (χ2n) is 4.99. The van der Waals surface area contributed by atoms with E-state index in [0.29, 0.717) is 12.6 Å². The first-order valence-electron chi connectivity index (χ1n) is 6.64. The molecule has 1 atom stereocenters. The van der Waals surface area contributed by atoms with E-state index in [9.17, 15) is 0 Å². The Morgan fingerprint density at radius 3 is 3.11 bits per heavy atom. The lowest BCUT2D eigenvalue weighted by Crippen LogP contribution is -2.15. The highest BCUT2D eigenvalue weighted by Gasteiger charge is 2.27. The van der Waals surface area contributed by atoms with Crippen molar-refractivity contribution >= 4 is 11.3 Å². The summed E-state index contributed by atoms with van der Waals surface area (Å²) in [5.74, 6) is 0. The van der Waals surface area contributed by atoms with Crippen LogP contribution in [0.1, 0.15) is 25.3 Å². The molecule has 100 valence electrons. The number of nitrogens with zero attached hydrogens (tertiary/aromatic N) is 3. The SMILES string of the molecule is c1cc(-c2csc(OC3CCOC3)n2)n(C2CC2)n1. The van der Waals surface area contributed by atoms with Crippen LogP contribution in [0.15, 0.2) is 17.6 Å². The largest absolute Gasteiger partial charge is 0.464 e. The van der Waals surface area contributed by atoms with Crippen LogP contribution in [0.5, 0.6) is 5.19 Å². The predicted octanol–water partition coefficient (Wildman–Crippen LogP) is 2.51. The second kappa shape index (κ2) is 4.61. The molecule has 0 N–H and O–H groups in total. The Morgan fingerprint density at radius 1 is 1.37 bits per heavy atom. The fourth-order valence-corrected chi connectivity index (χ4v) is 3.03. The van der Waals surface area contributed by atoms with Crippen LogP contribution in [-0.2, 0) is 4.74 Å². The molecule has 2 aliphatic rings. The molecular formula is C13H15N3O2S. The van der Waals surface area contributed by atoms with Crippen molar-refractivity contribution in [3.8, 4) is 16.6 Å². The van der Waals surface area contributed by atoms with Crippen molar-refractivity contribution in [3.63, 3.8) is 0 Å². The third-order valence-electron chi connectivity index (χ3n) is 3.46. The number of thiazole rings is 1. The fourth-order valence-electron chi connectivity index (χ4n) is 2.30. The zero-order valence-corrected chi connectivity index (χ0v) is 11.3. The average Bonchev–Trinajstić information content (AvgIpc) is 2.90. The lowest BCUT2D eigenvalue weighted by atomic mass is 10.3. The van der Waals surface area contributed by atoms with Crippen LogP contribution in [0, 0.1) is 0 Å². The molecule has 5 nitrogen and oxygen atoms in total. The van der Waals surface area contributed by atoms with E-state index < -0.39 is 0 Å². The molecule has 6 heteroatoms. The van der Waals surface area contributed by atoms with Crippen molar-refractivity contribution in [2.24, 2.45) is 0 Å². The summed E-state index contributed by atoms with van der Waals surface area (Å²) in [6, 6.07) is 2.59. The normalized spacial score (nSPS) is 22.8. The Kier molecular flexibility index (Phi) is 2.77. The van der Waals surface area contributed by atoms with Crippen LogP contribution in [-0.4, -0.2) is 34.1 Å². The van der Waals surface area contributed by atoms with Crippen LogP contribution in [0.25, 0.3) is 11.4 Å². The third kappa shape index (κ3) is 2.26. The van der Waals surface area contributed by atoms with Gasteiger partial charge in [-0.2, -0.15) is 5.10 Å². The Labute approximate surface area is 115 Å². The summed E-state index contributed by atoms with van der Waals surface area (Å²) < 4.78 is 13.2. The van der Waals surface area contributed by atoms with Gasteiger partial charge in [0, 0.05) is 18.0 Å². The van der Waals surface area contributed by atoms with Gasteiger partial charge in [-0.3, -0.25) is 4.68 Å². The van der Waals surface area contributed by atoms with Crippen molar-refractivity contribution in [2.75, 3.05) is 13.2 Å². The van der Waals surface area contributed by atoms with Crippen LogP contribution in [0.4, 0.5) is 0 Å². The van der Waals surface area contributed by atoms with E-state index in [2.05, 4.69) is 14.8 Å². The average molecular weight is 277 g/mol. The summed E-state index contributed by atoms with van der Waals surface area (Å²) in [4.78, 5) is 4.57. The molecule has 2 aromatic rings. The molecule has 0 aromatic carbocycles. The van der Waals surface area contributed by atoms with E-state index in [0.717, 1.165) is 29.6 Å². The van der Waals surface area contributed by atoms with Gasteiger partial charge in [-0.25, -0.2) is 4.98 Å². The van der Waals surface area contributed by atoms with Crippen LogP contribution in [0.3, 0.4) is 0 Å². The molecule has 0 bridgehead atoms. The molecule has 4 rings (SSSR count). The zero-order chi connectivity index (χ0) is 12.7. The van der Waals surface area contributed by atoms with Crippen molar-refractivity contribution in [3.05, 3.63) is 17.6 Å². The van der Waals surface area contributed by atoms with E-state index in [1.807, 2.05) is 17.6 Å². The molecule has 0 radical (unpaired) electrons. The van der Waals surface area contributed by atoms with Gasteiger partial charge in [0.2, 0.25) is 0 Å². The van der Waals surface area contributed by atoms with E-state index in [1.54, 1.807) is 11.3 Å². The predicted molar refractivity (Wildman–Crippen MR) is 71.5 cm³/mol. The van der Waals surface area contributed by atoms with Gasteiger partial charge in [-0.15, -0.1) is 0 Å². The molecule has 2 fully saturated rings. The smallest absolute Gasteiger partial charge is 0.274 e. The minimum Gasteiger partial charge on any atom is -0.464 e. The summed E-state index contributed by atoms with van der Waals surface area (Å²) >= 11 is 1.55. The van der Waals surface area contributed by atoms with Gasteiger partial charge in [0.1, 0.15) is 11.8 Å². The molecule has 1 saturated carbocycles. The number of aromatic nitrogens is 3. The summed E-state index contributed by atoms with van der Waals surface area (Å²) in [6.45, 7) is 1.46. The fraction of sp³-hybridized carbons (Fsp3) is 0.538. The highest BCUT2D eigenvalue weighted by molar-refractivity contribution is 7.11. The first kappa shape index (κ1) is 11.4. The van der Waals surface area contributed by atoms with Crippen LogP contribution >= 0.6 is 11.3 Å². The molecule has 0 spiro atoms. The molecule has 1 aliphatic heterocycles. The quantitative estimate of drug-likeness (QED) is 0.861. The van der Waals surface area contributed by atoms with Gasteiger partial charge in [-0.05, 0) is 18.9 Å². The summed E-state index contributed by atoms with van der Waals surface area (Å²) in [5, 5.41) is 7.16. The van der Waals surface area contributed by atoms with Gasteiger partial charge in [-0.1, -0.05) is 11.3 Å². The Bertz CT molecular complexity index is 570. The number of ether oxygens (including phenoxy) is 2. The molecule has 3 heterocycles. The highest BCUT2D eigenvalue weighted by atomic mass is 32.1. The lowest BCUT2D eigenvalue weighted by Gasteiger charge is -2.07. The number of rotatable bonds is 4. The van der Waals surface area contributed by atoms with E-state index in [1.165, 1.54) is 12.8 Å². The Morgan fingerprint density at radius 2 is 2.32 bits per heavy atom. The van der Waals surface area contributed by atoms with Gasteiger partial charge < -0.3 is 9.47 Å². The van der Waals surface area contributed by atoms with Gasteiger partial charge in [0.25, 0.3) is 5.19 Å². The number of hydrogen-bond donors (Lipinski definition) is 0. The monoisotopic (exact) mass is 277 g/mol. The third-order valence-corrected chi connectivity index (χ3v) is 4.19. The minimum absolute atomic E-state index is 0.160. The van der Waals surface area contributed by atoms with Crippen molar-refractivity contribution in [1.29, 1.82) is 0 Å². The van der Waals surface area contributed by atoms with Gasteiger partial charge in [0.05, 0.1) is 24.9 Å². The molecule has 1 unspecified atom stereocenters. The topological polar surface area (TPSA) is 49.2 Å². The Balaban J connectivity index is 1.54. The second-order valence-corrected chi connectivity index (χ2v) is 5.81. The van der Waals surface area contributed by atoms with Crippen LogP contribution in [0.2, 0.25) is 0 Å². The van der Waals surface area contributed by atoms with Crippen molar-refractivity contribution in [1.82, 2.24) is 14.8 Å². The van der Waals surface area contributed by atoms with E-state index >= 15 is 0 Å². The molecular weight excluding hydrogens is 262 g/mol. The minimum atomic E-state index is 0.160. The zero-order valence-electron chi connectivity index (χ0n) is 10.5. The summed E-state index contributed by atoms with van der Waals surface area (Å²) in [6.07, 6.45) is 5.41. The van der Waals surface area contributed by atoms with Gasteiger partial charge in [0.15, 0.2) is 0 Å². The van der Waals surface area contributed by atoms with Crippen molar-refractivity contribution in [2.45, 2.75) is 31.4 Å². The van der Waals surface area contributed by atoms with Gasteiger partial charge >= 0.3 is 0 Å². The van der Waals surface area contributed by atoms with Crippen LogP contribution < -0.4 is 4.74 Å². The first-order valence-corrected chi connectivity index (χ1v) is 7.52. The van der Waals surface area contributed by atoms with E-state index in [4.69, 9.17) is 9.47 Å². The maximum absolute atomic E-state index is 5.82. The Hall–Kier alpha value is -1.40. The highest BCUT2D eigenvalue weighted by Crippen LogP contribution is 2.38.